The van der Waals surface area contributed by atoms with Crippen molar-refractivity contribution in [3.63, 3.8) is 0 Å². The van der Waals surface area contributed by atoms with Gasteiger partial charge in [0.15, 0.2) is 12.0 Å². The van der Waals surface area contributed by atoms with Gasteiger partial charge in [0.05, 0.1) is 42.8 Å². The highest BCUT2D eigenvalue weighted by Crippen LogP contribution is 2.36. The first-order valence-corrected chi connectivity index (χ1v) is 11.8. The second kappa shape index (κ2) is 9.73. The lowest BCUT2D eigenvalue weighted by molar-refractivity contribution is -0.0179. The lowest BCUT2D eigenvalue weighted by Gasteiger charge is -2.36. The van der Waals surface area contributed by atoms with E-state index in [0.29, 0.717) is 31.5 Å². The van der Waals surface area contributed by atoms with Crippen molar-refractivity contribution in [1.82, 2.24) is 19.7 Å². The van der Waals surface area contributed by atoms with Gasteiger partial charge in [-0.2, -0.15) is 5.10 Å². The molecule has 0 amide bonds. The van der Waals surface area contributed by atoms with E-state index >= 15 is 0 Å². The summed E-state index contributed by atoms with van der Waals surface area (Å²) in [5.74, 6) is -2.42. The number of anilines is 1. The molecule has 3 heterocycles. The highest BCUT2D eigenvalue weighted by atomic mass is 19.1. The zero-order chi connectivity index (χ0) is 25.4. The first kappa shape index (κ1) is 24.0. The van der Waals surface area contributed by atoms with Crippen LogP contribution >= 0.6 is 0 Å². The minimum Gasteiger partial charge on any atom is -0.461 e. The van der Waals surface area contributed by atoms with Crippen LogP contribution in [-0.2, 0) is 9.47 Å². The van der Waals surface area contributed by atoms with Crippen molar-refractivity contribution in [3.8, 4) is 11.3 Å². The Morgan fingerprint density at radius 2 is 2.06 bits per heavy atom. The zero-order valence-electron chi connectivity index (χ0n) is 19.9. The number of morpholine rings is 1. The summed E-state index contributed by atoms with van der Waals surface area (Å²) in [6.45, 7) is 4.31. The Balaban J connectivity index is 1.57. The summed E-state index contributed by atoms with van der Waals surface area (Å²) in [5.41, 5.74) is 0.140. The SMILES string of the molecule is CCOC(=O)c1nc(N2C[C@@H](C)O[C@@H](c3cnn(C4CC4)c3)C2)nc(-c2ccc(F)cc2F)c1C=O. The van der Waals surface area contributed by atoms with Gasteiger partial charge in [-0.3, -0.25) is 9.48 Å². The summed E-state index contributed by atoms with van der Waals surface area (Å²) in [4.78, 5) is 35.4. The number of hydrogen-bond acceptors (Lipinski definition) is 8. The molecule has 2 aromatic heterocycles. The molecule has 9 nitrogen and oxygen atoms in total. The summed E-state index contributed by atoms with van der Waals surface area (Å²) in [6.07, 6.45) is 5.77. The third-order valence-corrected chi connectivity index (χ3v) is 6.16. The van der Waals surface area contributed by atoms with Crippen molar-refractivity contribution in [2.75, 3.05) is 24.6 Å². The van der Waals surface area contributed by atoms with Gasteiger partial charge in [-0.25, -0.2) is 23.5 Å². The molecule has 0 unspecified atom stereocenters. The third kappa shape index (κ3) is 4.70. The van der Waals surface area contributed by atoms with Crippen molar-refractivity contribution in [1.29, 1.82) is 0 Å². The van der Waals surface area contributed by atoms with Crippen molar-refractivity contribution in [2.45, 2.75) is 44.9 Å². The van der Waals surface area contributed by atoms with E-state index < -0.39 is 17.6 Å². The topological polar surface area (TPSA) is 99.4 Å². The number of carbonyl (C=O) groups excluding carboxylic acids is 2. The molecule has 5 rings (SSSR count). The van der Waals surface area contributed by atoms with E-state index in [9.17, 15) is 18.4 Å². The Bertz CT molecular complexity index is 1310. The number of esters is 1. The molecular weight excluding hydrogens is 472 g/mol. The van der Waals surface area contributed by atoms with E-state index in [0.717, 1.165) is 24.5 Å². The van der Waals surface area contributed by atoms with E-state index in [-0.39, 0.29) is 47.3 Å². The summed E-state index contributed by atoms with van der Waals surface area (Å²) in [7, 11) is 0. The molecule has 1 aromatic carbocycles. The van der Waals surface area contributed by atoms with Crippen LogP contribution in [0.3, 0.4) is 0 Å². The van der Waals surface area contributed by atoms with Crippen LogP contribution < -0.4 is 4.90 Å². The van der Waals surface area contributed by atoms with Crippen LogP contribution in [0.25, 0.3) is 11.3 Å². The van der Waals surface area contributed by atoms with Crippen molar-refractivity contribution < 1.29 is 27.8 Å². The highest BCUT2D eigenvalue weighted by molar-refractivity contribution is 6.00. The van der Waals surface area contributed by atoms with Crippen LogP contribution in [0.2, 0.25) is 0 Å². The Morgan fingerprint density at radius 3 is 2.75 bits per heavy atom. The average Bonchev–Trinajstić information content (AvgIpc) is 3.59. The number of aromatic nitrogens is 4. The average molecular weight is 498 g/mol. The van der Waals surface area contributed by atoms with Gasteiger partial charge in [0, 0.05) is 29.9 Å². The Kier molecular flexibility index (Phi) is 6.48. The number of carbonyl (C=O) groups is 2. The number of rotatable bonds is 7. The maximum Gasteiger partial charge on any atom is 0.357 e. The van der Waals surface area contributed by atoms with Gasteiger partial charge in [-0.1, -0.05) is 0 Å². The van der Waals surface area contributed by atoms with E-state index in [1.807, 2.05) is 22.7 Å². The largest absolute Gasteiger partial charge is 0.461 e. The molecule has 3 aromatic rings. The smallest absolute Gasteiger partial charge is 0.357 e. The maximum absolute atomic E-state index is 14.7. The highest BCUT2D eigenvalue weighted by Gasteiger charge is 2.33. The van der Waals surface area contributed by atoms with Crippen molar-refractivity contribution in [2.24, 2.45) is 0 Å². The summed E-state index contributed by atoms with van der Waals surface area (Å²) < 4.78 is 41.5. The quantitative estimate of drug-likeness (QED) is 0.358. The predicted octanol–water partition coefficient (Wildman–Crippen LogP) is 3.91. The summed E-state index contributed by atoms with van der Waals surface area (Å²) >= 11 is 0. The summed E-state index contributed by atoms with van der Waals surface area (Å²) in [6, 6.07) is 3.36. The van der Waals surface area contributed by atoms with Crippen molar-refractivity contribution >= 4 is 18.2 Å². The maximum atomic E-state index is 14.7. The van der Waals surface area contributed by atoms with Crippen LogP contribution in [-0.4, -0.2) is 57.8 Å². The molecule has 2 aliphatic rings. The fraction of sp³-hybridized carbons (Fsp3) is 0.400. The van der Waals surface area contributed by atoms with Gasteiger partial charge in [-0.15, -0.1) is 0 Å². The fourth-order valence-corrected chi connectivity index (χ4v) is 4.31. The molecular formula is C25H25F2N5O4. The normalized spacial score (nSPS) is 19.8. The minimum absolute atomic E-state index is 0.0539. The lowest BCUT2D eigenvalue weighted by atomic mass is 10.0. The number of hydrogen-bond donors (Lipinski definition) is 0. The molecule has 11 heteroatoms. The van der Waals surface area contributed by atoms with Crippen LogP contribution in [0, 0.1) is 11.6 Å². The molecule has 188 valence electrons. The molecule has 1 aliphatic carbocycles. The van der Waals surface area contributed by atoms with Crippen LogP contribution in [0.5, 0.6) is 0 Å². The van der Waals surface area contributed by atoms with Crippen LogP contribution in [0.15, 0.2) is 30.6 Å². The molecule has 0 bridgehead atoms. The van der Waals surface area contributed by atoms with E-state index in [1.54, 1.807) is 13.1 Å². The second-order valence-corrected chi connectivity index (χ2v) is 8.92. The molecule has 2 atom stereocenters. The molecule has 36 heavy (non-hydrogen) atoms. The molecule has 1 saturated carbocycles. The summed E-state index contributed by atoms with van der Waals surface area (Å²) in [5, 5.41) is 4.44. The second-order valence-electron chi connectivity index (χ2n) is 8.92. The standard InChI is InChI=1S/C25H25F2N5O4/c1-3-35-24(34)23-19(13-33)22(18-7-4-16(26)8-20(18)27)29-25(30-23)31-10-14(2)36-21(12-31)15-9-28-32(11-15)17-5-6-17/h4,7-9,11,13-14,17,21H,3,5-6,10,12H2,1-2H3/t14-,21-/m1/s1. The minimum atomic E-state index is -0.918. The molecule has 0 N–H and O–H groups in total. The lowest BCUT2D eigenvalue weighted by Crippen LogP contribution is -2.44. The molecule has 1 saturated heterocycles. The zero-order valence-corrected chi connectivity index (χ0v) is 19.9. The number of benzene rings is 1. The molecule has 1 aliphatic heterocycles. The Hall–Kier alpha value is -3.73. The first-order valence-electron chi connectivity index (χ1n) is 11.8. The van der Waals surface area contributed by atoms with Gasteiger partial charge in [-0.05, 0) is 38.8 Å². The predicted molar refractivity (Wildman–Crippen MR) is 125 cm³/mol. The molecule has 2 fully saturated rings. The van der Waals surface area contributed by atoms with Gasteiger partial charge < -0.3 is 14.4 Å². The molecule has 0 spiro atoms. The van der Waals surface area contributed by atoms with Gasteiger partial charge >= 0.3 is 5.97 Å². The van der Waals surface area contributed by atoms with Crippen molar-refractivity contribution in [3.05, 3.63) is 59.0 Å². The monoisotopic (exact) mass is 497 g/mol. The van der Waals surface area contributed by atoms with E-state index in [2.05, 4.69) is 15.1 Å². The van der Waals surface area contributed by atoms with Crippen LogP contribution in [0.4, 0.5) is 14.7 Å². The van der Waals surface area contributed by atoms with Gasteiger partial charge in [0.25, 0.3) is 0 Å². The first-order chi connectivity index (χ1) is 17.4. The van der Waals surface area contributed by atoms with Crippen LogP contribution in [0.1, 0.15) is 65.2 Å². The number of ether oxygens (including phenoxy) is 2. The van der Waals surface area contributed by atoms with Gasteiger partial charge in [0.2, 0.25) is 5.95 Å². The number of nitrogens with zero attached hydrogens (tertiary/aromatic N) is 5. The number of aldehydes is 1. The number of halogens is 2. The van der Waals surface area contributed by atoms with E-state index in [1.165, 1.54) is 6.07 Å². The third-order valence-electron chi connectivity index (χ3n) is 6.16. The molecule has 0 radical (unpaired) electrons. The van der Waals surface area contributed by atoms with Gasteiger partial charge in [0.1, 0.15) is 17.7 Å². The van der Waals surface area contributed by atoms with E-state index in [4.69, 9.17) is 9.47 Å². The fourth-order valence-electron chi connectivity index (χ4n) is 4.31. The Morgan fingerprint density at radius 1 is 1.25 bits per heavy atom. The Labute approximate surface area is 206 Å².